The average molecular weight is 431 g/mol. The Hall–Kier alpha value is -2.38. The number of sulfonamides is 1. The number of hydrogen-bond donors (Lipinski definition) is 1. The van der Waals surface area contributed by atoms with Crippen molar-refractivity contribution in [3.63, 3.8) is 0 Å². The molecule has 1 heterocycles. The summed E-state index contributed by atoms with van der Waals surface area (Å²) in [6.07, 6.45) is 1.09. The molecule has 3 rings (SSSR count). The Bertz CT molecular complexity index is 980. The number of nitrogens with zero attached hydrogens (tertiary/aromatic N) is 1. The minimum Gasteiger partial charge on any atom is -0.491 e. The SMILES string of the molecule is Cc1cccc(CS(=O)(=O)N2CCC(C(=O)Nc3cccc(OC(C)C)c3)CC2)c1. The van der Waals surface area contributed by atoms with Crippen molar-refractivity contribution in [2.24, 2.45) is 5.92 Å². The summed E-state index contributed by atoms with van der Waals surface area (Å²) in [6, 6.07) is 14.9. The van der Waals surface area contributed by atoms with Crippen molar-refractivity contribution in [2.45, 2.75) is 45.5 Å². The molecule has 0 bridgehead atoms. The van der Waals surface area contributed by atoms with Crippen molar-refractivity contribution in [1.82, 2.24) is 4.31 Å². The number of amides is 1. The van der Waals surface area contributed by atoms with Gasteiger partial charge in [0.05, 0.1) is 11.9 Å². The summed E-state index contributed by atoms with van der Waals surface area (Å²) in [4.78, 5) is 12.7. The van der Waals surface area contributed by atoms with E-state index in [1.807, 2.05) is 63.2 Å². The van der Waals surface area contributed by atoms with E-state index in [-0.39, 0.29) is 23.7 Å². The molecule has 0 atom stereocenters. The van der Waals surface area contributed by atoms with Crippen LogP contribution < -0.4 is 10.1 Å². The largest absolute Gasteiger partial charge is 0.491 e. The molecule has 1 aliphatic rings. The zero-order valence-corrected chi connectivity index (χ0v) is 18.6. The van der Waals surface area contributed by atoms with Crippen LogP contribution in [0.1, 0.15) is 37.8 Å². The lowest BCUT2D eigenvalue weighted by Gasteiger charge is -2.30. The fourth-order valence-corrected chi connectivity index (χ4v) is 5.21. The second-order valence-corrected chi connectivity index (χ2v) is 10.1. The van der Waals surface area contributed by atoms with Gasteiger partial charge in [-0.2, -0.15) is 0 Å². The molecule has 0 aromatic heterocycles. The molecule has 1 fully saturated rings. The van der Waals surface area contributed by atoms with E-state index < -0.39 is 10.0 Å². The Labute approximate surface area is 179 Å². The van der Waals surface area contributed by atoms with E-state index in [1.54, 1.807) is 6.07 Å². The van der Waals surface area contributed by atoms with Gasteiger partial charge in [0.1, 0.15) is 5.75 Å². The summed E-state index contributed by atoms with van der Waals surface area (Å²) < 4.78 is 32.7. The van der Waals surface area contributed by atoms with E-state index in [4.69, 9.17) is 4.74 Å². The van der Waals surface area contributed by atoms with E-state index in [0.717, 1.165) is 11.1 Å². The molecule has 0 saturated carbocycles. The molecular formula is C23H30N2O4S. The minimum atomic E-state index is -3.39. The monoisotopic (exact) mass is 430 g/mol. The number of piperidine rings is 1. The van der Waals surface area contributed by atoms with Gasteiger partial charge in [0.15, 0.2) is 0 Å². The van der Waals surface area contributed by atoms with Crippen molar-refractivity contribution >= 4 is 21.6 Å². The second kappa shape index (κ2) is 9.62. The third-order valence-electron chi connectivity index (χ3n) is 5.12. The number of nitrogens with one attached hydrogen (secondary N) is 1. The molecule has 1 amide bonds. The molecule has 0 aliphatic carbocycles. The predicted molar refractivity (Wildman–Crippen MR) is 119 cm³/mol. The Kier molecular flexibility index (Phi) is 7.15. The molecule has 7 heteroatoms. The van der Waals surface area contributed by atoms with Gasteiger partial charge in [-0.25, -0.2) is 12.7 Å². The number of rotatable bonds is 7. The summed E-state index contributed by atoms with van der Waals surface area (Å²) in [6.45, 7) is 6.58. The first-order valence-electron chi connectivity index (χ1n) is 10.3. The highest BCUT2D eigenvalue weighted by Gasteiger charge is 2.31. The molecule has 1 saturated heterocycles. The van der Waals surface area contributed by atoms with Crippen LogP contribution in [0.3, 0.4) is 0 Å². The maximum absolute atomic E-state index is 12.8. The average Bonchev–Trinajstić information content (AvgIpc) is 2.67. The molecule has 6 nitrogen and oxygen atoms in total. The summed E-state index contributed by atoms with van der Waals surface area (Å²) in [5.41, 5.74) is 2.52. The van der Waals surface area contributed by atoms with Crippen LogP contribution in [0.15, 0.2) is 48.5 Å². The highest BCUT2D eigenvalue weighted by atomic mass is 32.2. The first kappa shape index (κ1) is 22.3. The van der Waals surface area contributed by atoms with Crippen LogP contribution in [0, 0.1) is 12.8 Å². The van der Waals surface area contributed by atoms with Gasteiger partial charge in [-0.3, -0.25) is 4.79 Å². The van der Waals surface area contributed by atoms with Crippen LogP contribution >= 0.6 is 0 Å². The van der Waals surface area contributed by atoms with Gasteiger partial charge >= 0.3 is 0 Å². The molecule has 1 N–H and O–H groups in total. The lowest BCUT2D eigenvalue weighted by atomic mass is 9.97. The quantitative estimate of drug-likeness (QED) is 0.721. The second-order valence-electron chi connectivity index (χ2n) is 8.10. The topological polar surface area (TPSA) is 75.7 Å². The summed E-state index contributed by atoms with van der Waals surface area (Å²) in [5, 5.41) is 2.94. The number of anilines is 1. The molecule has 1 aliphatic heterocycles. The fourth-order valence-electron chi connectivity index (χ4n) is 3.66. The smallest absolute Gasteiger partial charge is 0.227 e. The van der Waals surface area contributed by atoms with Gasteiger partial charge in [-0.1, -0.05) is 35.9 Å². The number of carbonyl (C=O) groups is 1. The zero-order chi connectivity index (χ0) is 21.7. The van der Waals surface area contributed by atoms with E-state index >= 15 is 0 Å². The van der Waals surface area contributed by atoms with Crippen molar-refractivity contribution < 1.29 is 17.9 Å². The van der Waals surface area contributed by atoms with Crippen molar-refractivity contribution in [1.29, 1.82) is 0 Å². The standard InChI is InChI=1S/C23H30N2O4S/c1-17(2)29-22-9-5-8-21(15-22)24-23(26)20-10-12-25(13-11-20)30(27,28)16-19-7-4-6-18(3)14-19/h4-9,14-15,17,20H,10-13,16H2,1-3H3,(H,24,26). The van der Waals surface area contributed by atoms with Crippen molar-refractivity contribution in [3.05, 3.63) is 59.7 Å². The number of hydrogen-bond acceptors (Lipinski definition) is 4. The Morgan fingerprint density at radius 1 is 1.13 bits per heavy atom. The van der Waals surface area contributed by atoms with Crippen LogP contribution in [0.2, 0.25) is 0 Å². The normalized spacial score (nSPS) is 15.9. The number of aryl methyl sites for hydroxylation is 1. The van der Waals surface area contributed by atoms with E-state index in [0.29, 0.717) is 37.4 Å². The van der Waals surface area contributed by atoms with Crippen LogP contribution in [-0.2, 0) is 20.6 Å². The minimum absolute atomic E-state index is 0.00577. The highest BCUT2D eigenvalue weighted by molar-refractivity contribution is 7.88. The lowest BCUT2D eigenvalue weighted by molar-refractivity contribution is -0.120. The number of carbonyl (C=O) groups excluding carboxylic acids is 1. The van der Waals surface area contributed by atoms with Gasteiger partial charge in [0, 0.05) is 30.8 Å². The van der Waals surface area contributed by atoms with Crippen LogP contribution in [0.25, 0.3) is 0 Å². The van der Waals surface area contributed by atoms with Crippen LogP contribution in [0.4, 0.5) is 5.69 Å². The third-order valence-corrected chi connectivity index (χ3v) is 6.97. The van der Waals surface area contributed by atoms with Gasteiger partial charge < -0.3 is 10.1 Å². The molecule has 0 spiro atoms. The Morgan fingerprint density at radius 3 is 2.50 bits per heavy atom. The Balaban J connectivity index is 1.55. The summed E-state index contributed by atoms with van der Waals surface area (Å²) in [5.74, 6) is 0.422. The highest BCUT2D eigenvalue weighted by Crippen LogP contribution is 2.24. The predicted octanol–water partition coefficient (Wildman–Crippen LogP) is 3.96. The van der Waals surface area contributed by atoms with Gasteiger partial charge in [-0.15, -0.1) is 0 Å². The van der Waals surface area contributed by atoms with Gasteiger partial charge in [0.2, 0.25) is 15.9 Å². The maximum atomic E-state index is 12.8. The molecule has 30 heavy (non-hydrogen) atoms. The van der Waals surface area contributed by atoms with Crippen LogP contribution in [-0.4, -0.2) is 37.8 Å². The number of ether oxygens (including phenoxy) is 1. The van der Waals surface area contributed by atoms with Gasteiger partial charge in [-0.05, 0) is 51.3 Å². The molecule has 2 aromatic carbocycles. The summed E-state index contributed by atoms with van der Waals surface area (Å²) in [7, 11) is -3.39. The molecule has 0 unspecified atom stereocenters. The maximum Gasteiger partial charge on any atom is 0.227 e. The number of benzene rings is 2. The molecular weight excluding hydrogens is 400 g/mol. The van der Waals surface area contributed by atoms with E-state index in [9.17, 15) is 13.2 Å². The first-order chi connectivity index (χ1) is 14.2. The molecule has 2 aromatic rings. The first-order valence-corrected chi connectivity index (χ1v) is 11.9. The lowest BCUT2D eigenvalue weighted by Crippen LogP contribution is -2.41. The molecule has 162 valence electrons. The van der Waals surface area contributed by atoms with Crippen molar-refractivity contribution in [3.8, 4) is 5.75 Å². The Morgan fingerprint density at radius 2 is 1.83 bits per heavy atom. The van der Waals surface area contributed by atoms with E-state index in [1.165, 1.54) is 4.31 Å². The zero-order valence-electron chi connectivity index (χ0n) is 17.8. The van der Waals surface area contributed by atoms with E-state index in [2.05, 4.69) is 5.32 Å². The fraction of sp³-hybridized carbons (Fsp3) is 0.435. The summed E-state index contributed by atoms with van der Waals surface area (Å²) >= 11 is 0. The third kappa shape index (κ3) is 6.06. The van der Waals surface area contributed by atoms with Gasteiger partial charge in [0.25, 0.3) is 0 Å². The molecule has 0 radical (unpaired) electrons. The van der Waals surface area contributed by atoms with Crippen molar-refractivity contribution in [2.75, 3.05) is 18.4 Å². The van der Waals surface area contributed by atoms with Crippen LogP contribution in [0.5, 0.6) is 5.75 Å².